The van der Waals surface area contributed by atoms with E-state index >= 15 is 0 Å². The van der Waals surface area contributed by atoms with E-state index in [0.29, 0.717) is 6.42 Å². The smallest absolute Gasteiger partial charge is 0.360 e. The number of para-hydroxylation sites is 1. The van der Waals surface area contributed by atoms with Crippen molar-refractivity contribution in [2.45, 2.75) is 19.3 Å². The molecule has 6 heteroatoms. The average Bonchev–Trinajstić information content (AvgIpc) is 3.10. The van der Waals surface area contributed by atoms with Crippen molar-refractivity contribution < 1.29 is 9.53 Å². The Morgan fingerprint density at radius 2 is 2.14 bits per heavy atom. The molecule has 1 aliphatic carbocycles. The highest BCUT2D eigenvalue weighted by Crippen LogP contribution is 2.48. The van der Waals surface area contributed by atoms with Crippen molar-refractivity contribution in [3.63, 3.8) is 0 Å². The molecule has 2 aromatic rings. The van der Waals surface area contributed by atoms with Gasteiger partial charge in [-0.05, 0) is 25.0 Å². The average molecular weight is 282 g/mol. The number of nitrogens with zero attached hydrogens (tertiary/aromatic N) is 4. The lowest BCUT2D eigenvalue weighted by Gasteiger charge is -2.10. The van der Waals surface area contributed by atoms with Crippen molar-refractivity contribution in [1.29, 1.82) is 5.26 Å². The number of benzene rings is 1. The molecule has 0 saturated heterocycles. The number of carbonyl (C=O) groups is 1. The Morgan fingerprint density at radius 3 is 2.81 bits per heavy atom. The Balaban J connectivity index is 1.64. The van der Waals surface area contributed by atoms with Gasteiger partial charge in [0.1, 0.15) is 0 Å². The Hall–Kier alpha value is -2.68. The zero-order valence-corrected chi connectivity index (χ0v) is 11.4. The SMILES string of the molecule is N#CCC1(COC(=O)c2cnn(-c3ccccc3)n2)CC1. The lowest BCUT2D eigenvalue weighted by molar-refractivity contribution is 0.0412. The molecular formula is C15H14N4O2. The first-order chi connectivity index (χ1) is 10.2. The van der Waals surface area contributed by atoms with Crippen LogP contribution in [0.2, 0.25) is 0 Å². The molecule has 106 valence electrons. The second-order valence-electron chi connectivity index (χ2n) is 5.27. The highest BCUT2D eigenvalue weighted by Gasteiger charge is 2.43. The molecule has 0 N–H and O–H groups in total. The molecule has 1 fully saturated rings. The monoisotopic (exact) mass is 282 g/mol. The molecule has 0 aliphatic heterocycles. The minimum Gasteiger partial charge on any atom is -0.460 e. The van der Waals surface area contributed by atoms with Crippen LogP contribution in [0.4, 0.5) is 0 Å². The standard InChI is InChI=1S/C15H14N4O2/c16-9-8-15(6-7-15)11-21-14(20)13-10-17-19(18-13)12-4-2-1-3-5-12/h1-5,10H,6-8,11H2. The molecular weight excluding hydrogens is 268 g/mol. The molecule has 0 atom stereocenters. The predicted molar refractivity (Wildman–Crippen MR) is 73.5 cm³/mol. The van der Waals surface area contributed by atoms with E-state index < -0.39 is 5.97 Å². The maximum absolute atomic E-state index is 11.9. The fourth-order valence-corrected chi connectivity index (χ4v) is 2.05. The van der Waals surface area contributed by atoms with Gasteiger partial charge >= 0.3 is 5.97 Å². The van der Waals surface area contributed by atoms with Gasteiger partial charge in [-0.15, -0.1) is 5.10 Å². The Labute approximate surface area is 122 Å². The molecule has 21 heavy (non-hydrogen) atoms. The normalized spacial score (nSPS) is 15.2. The number of aromatic nitrogens is 3. The number of hydrogen-bond donors (Lipinski definition) is 0. The van der Waals surface area contributed by atoms with E-state index in [1.165, 1.54) is 11.0 Å². The van der Waals surface area contributed by atoms with Gasteiger partial charge < -0.3 is 4.74 Å². The van der Waals surface area contributed by atoms with Crippen LogP contribution in [0, 0.1) is 16.7 Å². The third-order valence-electron chi connectivity index (χ3n) is 3.61. The maximum atomic E-state index is 11.9. The summed E-state index contributed by atoms with van der Waals surface area (Å²) in [6.07, 6.45) is 3.69. The zero-order chi connectivity index (χ0) is 14.7. The Kier molecular flexibility index (Phi) is 3.40. The van der Waals surface area contributed by atoms with Gasteiger partial charge in [-0.2, -0.15) is 15.2 Å². The van der Waals surface area contributed by atoms with Crippen molar-refractivity contribution in [3.8, 4) is 11.8 Å². The summed E-state index contributed by atoms with van der Waals surface area (Å²) in [5.41, 5.74) is 0.825. The Morgan fingerprint density at radius 1 is 1.38 bits per heavy atom. The van der Waals surface area contributed by atoms with Crippen molar-refractivity contribution in [1.82, 2.24) is 15.0 Å². The van der Waals surface area contributed by atoms with E-state index in [2.05, 4.69) is 16.3 Å². The predicted octanol–water partition coefficient (Wildman–Crippen LogP) is 2.12. The summed E-state index contributed by atoms with van der Waals surface area (Å²) < 4.78 is 5.25. The topological polar surface area (TPSA) is 80.8 Å². The summed E-state index contributed by atoms with van der Waals surface area (Å²) in [4.78, 5) is 13.3. The fourth-order valence-electron chi connectivity index (χ4n) is 2.05. The molecule has 1 saturated carbocycles. The quantitative estimate of drug-likeness (QED) is 0.785. The molecule has 1 heterocycles. The van der Waals surface area contributed by atoms with Gasteiger partial charge in [-0.1, -0.05) is 18.2 Å². The summed E-state index contributed by atoms with van der Waals surface area (Å²) in [6.45, 7) is 0.275. The highest BCUT2D eigenvalue weighted by atomic mass is 16.5. The van der Waals surface area contributed by atoms with E-state index in [9.17, 15) is 4.79 Å². The first-order valence-electron chi connectivity index (χ1n) is 6.74. The van der Waals surface area contributed by atoms with Crippen LogP contribution in [-0.4, -0.2) is 27.6 Å². The molecule has 0 bridgehead atoms. The van der Waals surface area contributed by atoms with Crippen LogP contribution in [0.3, 0.4) is 0 Å². The van der Waals surface area contributed by atoms with E-state index in [-0.39, 0.29) is 17.7 Å². The van der Waals surface area contributed by atoms with Crippen LogP contribution < -0.4 is 0 Å². The van der Waals surface area contributed by atoms with Gasteiger partial charge in [-0.3, -0.25) is 0 Å². The van der Waals surface area contributed by atoms with E-state index in [1.807, 2.05) is 30.3 Å². The molecule has 1 aliphatic rings. The summed E-state index contributed by atoms with van der Waals surface area (Å²) in [7, 11) is 0. The number of ether oxygens (including phenoxy) is 1. The molecule has 0 amide bonds. The second kappa shape index (κ2) is 5.37. The summed E-state index contributed by atoms with van der Waals surface area (Å²) in [6, 6.07) is 11.5. The molecule has 6 nitrogen and oxygen atoms in total. The van der Waals surface area contributed by atoms with Crippen molar-refractivity contribution in [2.24, 2.45) is 5.41 Å². The molecule has 0 spiro atoms. The van der Waals surface area contributed by atoms with Crippen LogP contribution in [-0.2, 0) is 4.74 Å². The van der Waals surface area contributed by atoms with Gasteiger partial charge in [0.2, 0.25) is 0 Å². The third-order valence-corrected chi connectivity index (χ3v) is 3.61. The first kappa shape index (κ1) is 13.3. The van der Waals surface area contributed by atoms with Gasteiger partial charge in [0.15, 0.2) is 5.69 Å². The molecule has 1 aromatic carbocycles. The van der Waals surface area contributed by atoms with Crippen molar-refractivity contribution in [3.05, 3.63) is 42.2 Å². The van der Waals surface area contributed by atoms with Crippen molar-refractivity contribution >= 4 is 5.97 Å². The third kappa shape index (κ3) is 2.92. The van der Waals surface area contributed by atoms with Gasteiger partial charge in [0, 0.05) is 11.8 Å². The van der Waals surface area contributed by atoms with E-state index in [1.54, 1.807) is 0 Å². The summed E-state index contributed by atoms with van der Waals surface area (Å²) in [5.74, 6) is -0.499. The zero-order valence-electron chi connectivity index (χ0n) is 11.4. The van der Waals surface area contributed by atoms with Crippen LogP contribution in [0.5, 0.6) is 0 Å². The maximum Gasteiger partial charge on any atom is 0.360 e. The van der Waals surface area contributed by atoms with Gasteiger partial charge in [0.25, 0.3) is 0 Å². The first-order valence-corrected chi connectivity index (χ1v) is 6.74. The highest BCUT2D eigenvalue weighted by molar-refractivity contribution is 5.86. The summed E-state index contributed by atoms with van der Waals surface area (Å²) in [5, 5.41) is 16.9. The Bertz CT molecular complexity index is 683. The second-order valence-corrected chi connectivity index (χ2v) is 5.27. The molecule has 1 aromatic heterocycles. The van der Waals surface area contributed by atoms with Gasteiger partial charge in [0.05, 0.1) is 24.6 Å². The largest absolute Gasteiger partial charge is 0.460 e. The number of esters is 1. The van der Waals surface area contributed by atoms with Crippen LogP contribution in [0.1, 0.15) is 29.8 Å². The van der Waals surface area contributed by atoms with Crippen LogP contribution in [0.25, 0.3) is 5.69 Å². The fraction of sp³-hybridized carbons (Fsp3) is 0.333. The van der Waals surface area contributed by atoms with E-state index in [0.717, 1.165) is 18.5 Å². The van der Waals surface area contributed by atoms with Crippen LogP contribution in [0.15, 0.2) is 36.5 Å². The number of rotatable bonds is 5. The minimum absolute atomic E-state index is 0.125. The van der Waals surface area contributed by atoms with Crippen LogP contribution >= 0.6 is 0 Å². The van der Waals surface area contributed by atoms with E-state index in [4.69, 9.17) is 10.00 Å². The lowest BCUT2D eigenvalue weighted by Crippen LogP contribution is -2.15. The van der Waals surface area contributed by atoms with Crippen molar-refractivity contribution in [2.75, 3.05) is 6.61 Å². The number of carbonyl (C=O) groups excluding carboxylic acids is 1. The molecule has 0 radical (unpaired) electrons. The minimum atomic E-state index is -0.499. The summed E-state index contributed by atoms with van der Waals surface area (Å²) >= 11 is 0. The molecule has 3 rings (SSSR count). The number of hydrogen-bond acceptors (Lipinski definition) is 5. The molecule has 0 unspecified atom stereocenters. The number of nitriles is 1. The van der Waals surface area contributed by atoms with Gasteiger partial charge in [-0.25, -0.2) is 4.79 Å². The lowest BCUT2D eigenvalue weighted by atomic mass is 10.1.